The van der Waals surface area contributed by atoms with E-state index in [-0.39, 0.29) is 0 Å². The molecule has 174 valence electrons. The first-order valence-electron chi connectivity index (χ1n) is 12.3. The number of hydrogen-bond acceptors (Lipinski definition) is 1. The third-order valence-corrected chi connectivity index (χ3v) is 7.11. The van der Waals surface area contributed by atoms with E-state index < -0.39 is 0 Å². The monoisotopic (exact) mass is 466 g/mol. The summed E-state index contributed by atoms with van der Waals surface area (Å²) in [6.45, 7) is 4.34. The molecule has 4 aromatic carbocycles. The van der Waals surface area contributed by atoms with Crippen molar-refractivity contribution in [3.8, 4) is 39.2 Å². The summed E-state index contributed by atoms with van der Waals surface area (Å²) in [5.41, 5.74) is 11.6. The fourth-order valence-electron chi connectivity index (χ4n) is 5.19. The number of rotatable bonds is 4. The molecule has 0 atom stereocenters. The van der Waals surface area contributed by atoms with Crippen molar-refractivity contribution in [2.75, 3.05) is 0 Å². The van der Waals surface area contributed by atoms with E-state index in [4.69, 9.17) is 4.98 Å². The van der Waals surface area contributed by atoms with Crippen molar-refractivity contribution in [1.82, 2.24) is 9.67 Å². The summed E-state index contributed by atoms with van der Waals surface area (Å²) in [6, 6.07) is 38.5. The highest BCUT2D eigenvalue weighted by Crippen LogP contribution is 2.39. The Balaban J connectivity index is 1.58. The minimum atomic E-state index is 0.977. The van der Waals surface area contributed by atoms with Crippen molar-refractivity contribution in [3.05, 3.63) is 127 Å². The molecule has 0 saturated heterocycles. The number of aryl methyl sites for hydroxylation is 2. The van der Waals surface area contributed by atoms with Crippen LogP contribution in [0.4, 0.5) is 0 Å². The van der Waals surface area contributed by atoms with Gasteiger partial charge in [0.2, 0.25) is 5.52 Å². The summed E-state index contributed by atoms with van der Waals surface area (Å²) in [5, 5.41) is 1.25. The fourth-order valence-corrected chi connectivity index (χ4v) is 5.19. The Kier molecular flexibility index (Phi) is 5.46. The summed E-state index contributed by atoms with van der Waals surface area (Å²) < 4.78 is 4.47. The second kappa shape index (κ2) is 8.94. The van der Waals surface area contributed by atoms with Gasteiger partial charge >= 0.3 is 0 Å². The van der Waals surface area contributed by atoms with Crippen molar-refractivity contribution in [2.24, 2.45) is 7.05 Å². The predicted octanol–water partition coefficient (Wildman–Crippen LogP) is 7.47. The van der Waals surface area contributed by atoms with E-state index in [9.17, 15) is 0 Å². The molecule has 3 nitrogen and oxygen atoms in total. The van der Waals surface area contributed by atoms with Gasteiger partial charge in [-0.1, -0.05) is 95.7 Å². The Morgan fingerprint density at radius 2 is 1.25 bits per heavy atom. The maximum absolute atomic E-state index is 5.08. The second-order valence-electron chi connectivity index (χ2n) is 9.25. The van der Waals surface area contributed by atoms with Crippen LogP contribution in [-0.2, 0) is 7.05 Å². The molecule has 6 aromatic rings. The molecular formula is C33H28N3+. The molecular weight excluding hydrogens is 438 g/mol. The maximum Gasteiger partial charge on any atom is 0.257 e. The minimum absolute atomic E-state index is 0.977. The molecule has 0 aliphatic heterocycles. The lowest BCUT2D eigenvalue weighted by atomic mass is 9.89. The molecule has 0 aliphatic rings. The largest absolute Gasteiger partial charge is 0.257 e. The van der Waals surface area contributed by atoms with Gasteiger partial charge in [0.1, 0.15) is 6.20 Å². The summed E-state index contributed by atoms with van der Waals surface area (Å²) >= 11 is 0. The van der Waals surface area contributed by atoms with Gasteiger partial charge in [-0.25, -0.2) is 4.98 Å². The van der Waals surface area contributed by atoms with Crippen LogP contribution >= 0.6 is 0 Å². The number of pyridine rings is 1. The zero-order valence-corrected chi connectivity index (χ0v) is 20.8. The van der Waals surface area contributed by atoms with Crippen LogP contribution in [0.5, 0.6) is 0 Å². The zero-order valence-electron chi connectivity index (χ0n) is 20.8. The predicted molar refractivity (Wildman–Crippen MR) is 148 cm³/mol. The van der Waals surface area contributed by atoms with Crippen molar-refractivity contribution in [3.63, 3.8) is 0 Å². The van der Waals surface area contributed by atoms with Gasteiger partial charge in [-0.05, 0) is 48.2 Å². The summed E-state index contributed by atoms with van der Waals surface area (Å²) in [7, 11) is 2.11. The molecule has 0 saturated carbocycles. The first kappa shape index (κ1) is 22.0. The third-order valence-electron chi connectivity index (χ3n) is 7.11. The minimum Gasteiger partial charge on any atom is -0.249 e. The zero-order chi connectivity index (χ0) is 24.6. The Morgan fingerprint density at radius 1 is 0.667 bits per heavy atom. The molecule has 0 radical (unpaired) electrons. The van der Waals surface area contributed by atoms with Gasteiger partial charge in [-0.2, -0.15) is 4.68 Å². The Bertz CT molecular complexity index is 1640. The molecule has 6 rings (SSSR count). The van der Waals surface area contributed by atoms with E-state index in [1.54, 1.807) is 0 Å². The number of para-hydroxylation sites is 1. The number of benzene rings is 4. The van der Waals surface area contributed by atoms with Crippen molar-refractivity contribution in [2.45, 2.75) is 13.8 Å². The van der Waals surface area contributed by atoms with Gasteiger partial charge in [-0.15, -0.1) is 0 Å². The van der Waals surface area contributed by atoms with Gasteiger partial charge < -0.3 is 0 Å². The van der Waals surface area contributed by atoms with Crippen LogP contribution in [0.3, 0.4) is 0 Å². The van der Waals surface area contributed by atoms with E-state index >= 15 is 0 Å². The van der Waals surface area contributed by atoms with Gasteiger partial charge in [0.05, 0.1) is 23.8 Å². The molecule has 0 fully saturated rings. The molecule has 0 bridgehead atoms. The molecule has 0 aliphatic carbocycles. The fraction of sp³-hybridized carbons (Fsp3) is 0.0909. The molecule has 36 heavy (non-hydrogen) atoms. The molecule has 0 spiro atoms. The van der Waals surface area contributed by atoms with Crippen LogP contribution in [0.2, 0.25) is 0 Å². The van der Waals surface area contributed by atoms with Crippen molar-refractivity contribution >= 4 is 10.9 Å². The van der Waals surface area contributed by atoms with Gasteiger partial charge in [-0.3, -0.25) is 0 Å². The first-order chi connectivity index (χ1) is 17.6. The van der Waals surface area contributed by atoms with Gasteiger partial charge in [0.15, 0.2) is 0 Å². The van der Waals surface area contributed by atoms with E-state index in [2.05, 4.69) is 139 Å². The molecule has 0 amide bonds. The van der Waals surface area contributed by atoms with Crippen LogP contribution in [0.1, 0.15) is 11.3 Å². The van der Waals surface area contributed by atoms with E-state index in [1.807, 2.05) is 6.20 Å². The number of fused-ring (bicyclic) bond motifs is 1. The lowest BCUT2D eigenvalue weighted by Crippen LogP contribution is -2.40. The highest BCUT2D eigenvalue weighted by Gasteiger charge is 2.24. The lowest BCUT2D eigenvalue weighted by Gasteiger charge is -2.16. The lowest BCUT2D eigenvalue weighted by molar-refractivity contribution is -0.659. The van der Waals surface area contributed by atoms with Crippen LogP contribution in [0.25, 0.3) is 50.1 Å². The van der Waals surface area contributed by atoms with Crippen LogP contribution in [-0.4, -0.2) is 9.67 Å². The van der Waals surface area contributed by atoms with Gasteiger partial charge in [0.25, 0.3) is 5.69 Å². The average molecular weight is 467 g/mol. The molecule has 3 heteroatoms. The number of hydrogen-bond donors (Lipinski definition) is 0. The van der Waals surface area contributed by atoms with Crippen LogP contribution in [0, 0.1) is 13.8 Å². The average Bonchev–Trinajstić information content (AvgIpc) is 3.19. The molecule has 2 aromatic heterocycles. The first-order valence-corrected chi connectivity index (χ1v) is 12.3. The van der Waals surface area contributed by atoms with Crippen molar-refractivity contribution < 1.29 is 4.68 Å². The Morgan fingerprint density at radius 3 is 1.86 bits per heavy atom. The van der Waals surface area contributed by atoms with Crippen LogP contribution in [0.15, 0.2) is 115 Å². The quantitative estimate of drug-likeness (QED) is 0.247. The van der Waals surface area contributed by atoms with E-state index in [0.29, 0.717) is 0 Å². The van der Waals surface area contributed by atoms with Crippen molar-refractivity contribution in [1.29, 1.82) is 0 Å². The molecule has 2 heterocycles. The SMILES string of the molecule is Cc1cc(-c2c(-c3ccccc3)cccc2-c2ccccc2)ncc1-[n+]1c2ccccc2c(C)n1C. The second-order valence-corrected chi connectivity index (χ2v) is 9.25. The maximum atomic E-state index is 5.08. The smallest absolute Gasteiger partial charge is 0.249 e. The highest BCUT2D eigenvalue weighted by atomic mass is 15.4. The Labute approximate surface area is 211 Å². The molecule has 0 unspecified atom stereocenters. The summed E-state index contributed by atoms with van der Waals surface area (Å²) in [5.74, 6) is 0. The van der Waals surface area contributed by atoms with Gasteiger partial charge in [0, 0.05) is 17.2 Å². The summed E-state index contributed by atoms with van der Waals surface area (Å²) in [6.07, 6.45) is 2.02. The summed E-state index contributed by atoms with van der Waals surface area (Å²) in [4.78, 5) is 5.08. The topological polar surface area (TPSA) is 21.7 Å². The van der Waals surface area contributed by atoms with Crippen LogP contribution < -0.4 is 4.68 Å². The number of nitrogens with zero attached hydrogens (tertiary/aromatic N) is 3. The normalized spacial score (nSPS) is 11.2. The highest BCUT2D eigenvalue weighted by molar-refractivity contribution is 5.93. The molecule has 0 N–H and O–H groups in total. The number of aromatic nitrogens is 3. The Hall–Kier alpha value is -4.50. The third kappa shape index (κ3) is 3.61. The van der Waals surface area contributed by atoms with E-state index in [1.165, 1.54) is 44.4 Å². The van der Waals surface area contributed by atoms with E-state index in [0.717, 1.165) is 16.9 Å². The standard InChI is InChI=1S/C33H28N3/c1-23-21-30(34-22-32(23)36-31-20-11-10-17-27(31)24(2)35(36)3)33-28(25-13-6-4-7-14-25)18-12-19-29(33)26-15-8-5-9-16-26/h4-22H,1-3H3/q+1.